The minimum Gasteiger partial charge on any atom is -0.409 e. The van der Waals surface area contributed by atoms with Gasteiger partial charge in [0.15, 0.2) is 5.84 Å². The SMILES string of the molecule is CCN(CC)c1ccc(NC(C)C(N)=NO)cc1. The summed E-state index contributed by atoms with van der Waals surface area (Å²) in [4.78, 5) is 2.27. The van der Waals surface area contributed by atoms with Crippen molar-refractivity contribution in [2.45, 2.75) is 26.8 Å². The predicted octanol–water partition coefficient (Wildman–Crippen LogP) is 2.08. The number of hydrogen-bond acceptors (Lipinski definition) is 4. The van der Waals surface area contributed by atoms with Crippen LogP contribution in [0.5, 0.6) is 0 Å². The Kier molecular flexibility index (Phi) is 5.30. The summed E-state index contributed by atoms with van der Waals surface area (Å²) in [5.74, 6) is 0.169. The summed E-state index contributed by atoms with van der Waals surface area (Å²) in [6, 6.07) is 7.92. The lowest BCUT2D eigenvalue weighted by Crippen LogP contribution is -2.32. The molecule has 0 aliphatic rings. The standard InChI is InChI=1S/C13H22N4O/c1-4-17(5-2)12-8-6-11(7-9-12)15-10(3)13(14)16-18/h6-10,15,18H,4-5H2,1-3H3,(H2,14,16). The molecule has 1 atom stereocenters. The van der Waals surface area contributed by atoms with Gasteiger partial charge in [0.05, 0.1) is 6.04 Å². The molecule has 1 aromatic rings. The molecule has 5 heteroatoms. The van der Waals surface area contributed by atoms with Gasteiger partial charge in [-0.25, -0.2) is 0 Å². The smallest absolute Gasteiger partial charge is 0.161 e. The summed E-state index contributed by atoms with van der Waals surface area (Å²) in [5.41, 5.74) is 7.66. The van der Waals surface area contributed by atoms with Gasteiger partial charge < -0.3 is 21.2 Å². The van der Waals surface area contributed by atoms with E-state index < -0.39 is 0 Å². The van der Waals surface area contributed by atoms with Gasteiger partial charge in [-0.05, 0) is 45.0 Å². The van der Waals surface area contributed by atoms with E-state index in [1.807, 2.05) is 19.1 Å². The molecule has 1 unspecified atom stereocenters. The molecule has 0 saturated heterocycles. The highest BCUT2D eigenvalue weighted by molar-refractivity contribution is 5.87. The molecule has 18 heavy (non-hydrogen) atoms. The Labute approximate surface area is 108 Å². The number of rotatable bonds is 6. The Morgan fingerprint density at radius 1 is 1.33 bits per heavy atom. The van der Waals surface area contributed by atoms with E-state index in [1.165, 1.54) is 5.69 Å². The van der Waals surface area contributed by atoms with Crippen LogP contribution in [-0.2, 0) is 0 Å². The molecule has 0 aliphatic heterocycles. The molecule has 4 N–H and O–H groups in total. The maximum Gasteiger partial charge on any atom is 0.161 e. The topological polar surface area (TPSA) is 73.9 Å². The van der Waals surface area contributed by atoms with Gasteiger partial charge in [-0.15, -0.1) is 0 Å². The van der Waals surface area contributed by atoms with Gasteiger partial charge in [0.25, 0.3) is 0 Å². The predicted molar refractivity (Wildman–Crippen MR) is 76.5 cm³/mol. The van der Waals surface area contributed by atoms with Crippen molar-refractivity contribution >= 4 is 17.2 Å². The van der Waals surface area contributed by atoms with Gasteiger partial charge in [-0.2, -0.15) is 0 Å². The molecule has 0 spiro atoms. The van der Waals surface area contributed by atoms with Crippen LogP contribution in [0.3, 0.4) is 0 Å². The van der Waals surface area contributed by atoms with Gasteiger partial charge in [0.1, 0.15) is 0 Å². The highest BCUT2D eigenvalue weighted by atomic mass is 16.4. The van der Waals surface area contributed by atoms with E-state index in [0.29, 0.717) is 0 Å². The number of benzene rings is 1. The third kappa shape index (κ3) is 3.55. The summed E-state index contributed by atoms with van der Waals surface area (Å²) in [7, 11) is 0. The van der Waals surface area contributed by atoms with Crippen LogP contribution >= 0.6 is 0 Å². The van der Waals surface area contributed by atoms with Crippen LogP contribution in [0, 0.1) is 0 Å². The molecule has 0 amide bonds. The molecule has 5 nitrogen and oxygen atoms in total. The number of nitrogens with one attached hydrogen (secondary N) is 1. The molecule has 0 fully saturated rings. The van der Waals surface area contributed by atoms with Crippen LogP contribution in [0.1, 0.15) is 20.8 Å². The third-order valence-electron chi connectivity index (χ3n) is 2.94. The Morgan fingerprint density at radius 3 is 2.33 bits per heavy atom. The van der Waals surface area contributed by atoms with E-state index in [1.54, 1.807) is 0 Å². The number of anilines is 2. The lowest BCUT2D eigenvalue weighted by molar-refractivity contribution is 0.316. The number of amidine groups is 1. The molecule has 0 radical (unpaired) electrons. The average Bonchev–Trinajstić information content (AvgIpc) is 2.41. The van der Waals surface area contributed by atoms with Crippen LogP contribution in [0.25, 0.3) is 0 Å². The van der Waals surface area contributed by atoms with Crippen LogP contribution < -0.4 is 16.0 Å². The van der Waals surface area contributed by atoms with Crippen molar-refractivity contribution in [1.29, 1.82) is 0 Å². The average molecular weight is 250 g/mol. The van der Waals surface area contributed by atoms with E-state index in [2.05, 4.69) is 41.4 Å². The first-order valence-electron chi connectivity index (χ1n) is 6.21. The molecular formula is C13H22N4O. The van der Waals surface area contributed by atoms with Gasteiger partial charge in [0, 0.05) is 24.5 Å². The fourth-order valence-corrected chi connectivity index (χ4v) is 1.77. The largest absolute Gasteiger partial charge is 0.409 e. The van der Waals surface area contributed by atoms with Gasteiger partial charge in [-0.3, -0.25) is 0 Å². The molecule has 0 heterocycles. The van der Waals surface area contributed by atoms with E-state index in [-0.39, 0.29) is 11.9 Å². The van der Waals surface area contributed by atoms with Gasteiger partial charge in [-0.1, -0.05) is 5.16 Å². The second-order valence-corrected chi connectivity index (χ2v) is 4.11. The Hall–Kier alpha value is -1.91. The zero-order chi connectivity index (χ0) is 13.5. The van der Waals surface area contributed by atoms with E-state index in [0.717, 1.165) is 18.8 Å². The second kappa shape index (κ2) is 6.74. The van der Waals surface area contributed by atoms with Crippen molar-refractivity contribution in [3.05, 3.63) is 24.3 Å². The van der Waals surface area contributed by atoms with Crippen molar-refractivity contribution in [3.63, 3.8) is 0 Å². The van der Waals surface area contributed by atoms with Crippen molar-refractivity contribution in [1.82, 2.24) is 0 Å². The van der Waals surface area contributed by atoms with Crippen LogP contribution in [0.4, 0.5) is 11.4 Å². The summed E-state index contributed by atoms with van der Waals surface area (Å²) in [5, 5.41) is 14.7. The molecule has 0 aliphatic carbocycles. The highest BCUT2D eigenvalue weighted by Crippen LogP contribution is 2.18. The van der Waals surface area contributed by atoms with Crippen LogP contribution in [0.2, 0.25) is 0 Å². The number of nitrogens with two attached hydrogens (primary N) is 1. The highest BCUT2D eigenvalue weighted by Gasteiger charge is 2.07. The Balaban J connectivity index is 2.71. The quantitative estimate of drug-likeness (QED) is 0.313. The maximum atomic E-state index is 8.58. The Morgan fingerprint density at radius 2 is 1.89 bits per heavy atom. The zero-order valence-electron chi connectivity index (χ0n) is 11.2. The minimum atomic E-state index is -0.200. The lowest BCUT2D eigenvalue weighted by atomic mass is 10.2. The fraction of sp³-hybridized carbons (Fsp3) is 0.462. The summed E-state index contributed by atoms with van der Waals surface area (Å²) >= 11 is 0. The van der Waals surface area contributed by atoms with Crippen molar-refractivity contribution in [2.24, 2.45) is 10.9 Å². The van der Waals surface area contributed by atoms with Gasteiger partial charge in [0.2, 0.25) is 0 Å². The molecule has 100 valence electrons. The fourth-order valence-electron chi connectivity index (χ4n) is 1.77. The van der Waals surface area contributed by atoms with E-state index >= 15 is 0 Å². The number of hydrogen-bond donors (Lipinski definition) is 3. The monoisotopic (exact) mass is 250 g/mol. The normalized spacial score (nSPS) is 13.2. The van der Waals surface area contributed by atoms with Crippen LogP contribution in [0.15, 0.2) is 29.4 Å². The first-order valence-corrected chi connectivity index (χ1v) is 6.21. The van der Waals surface area contributed by atoms with Crippen molar-refractivity contribution < 1.29 is 5.21 Å². The van der Waals surface area contributed by atoms with Crippen LogP contribution in [-0.4, -0.2) is 30.2 Å². The number of oxime groups is 1. The molecular weight excluding hydrogens is 228 g/mol. The molecule has 0 aromatic heterocycles. The Bertz CT molecular complexity index is 384. The molecule has 1 aromatic carbocycles. The summed E-state index contributed by atoms with van der Waals surface area (Å²) in [6.45, 7) is 8.09. The maximum absolute atomic E-state index is 8.58. The van der Waals surface area contributed by atoms with E-state index in [9.17, 15) is 0 Å². The molecule has 0 bridgehead atoms. The first-order chi connectivity index (χ1) is 8.62. The third-order valence-corrected chi connectivity index (χ3v) is 2.94. The minimum absolute atomic E-state index is 0.169. The van der Waals surface area contributed by atoms with Gasteiger partial charge >= 0.3 is 0 Å². The second-order valence-electron chi connectivity index (χ2n) is 4.11. The van der Waals surface area contributed by atoms with E-state index in [4.69, 9.17) is 10.9 Å². The first kappa shape index (κ1) is 14.2. The molecule has 0 saturated carbocycles. The number of nitrogens with zero attached hydrogens (tertiary/aromatic N) is 2. The van der Waals surface area contributed by atoms with Crippen molar-refractivity contribution in [3.8, 4) is 0 Å². The lowest BCUT2D eigenvalue weighted by Gasteiger charge is -2.21. The summed E-state index contributed by atoms with van der Waals surface area (Å²) < 4.78 is 0. The van der Waals surface area contributed by atoms with Crippen molar-refractivity contribution in [2.75, 3.05) is 23.3 Å². The molecule has 1 rings (SSSR count). The zero-order valence-corrected chi connectivity index (χ0v) is 11.2. The summed E-state index contributed by atoms with van der Waals surface area (Å²) in [6.07, 6.45) is 0.